The van der Waals surface area contributed by atoms with Gasteiger partial charge in [-0.05, 0) is 33.1 Å². The van der Waals surface area contributed by atoms with Crippen LogP contribution in [-0.2, 0) is 14.3 Å². The summed E-state index contributed by atoms with van der Waals surface area (Å²) in [5, 5.41) is 6.01. The normalized spacial score (nSPS) is 16.4. The predicted molar refractivity (Wildman–Crippen MR) is 179 cm³/mol. The van der Waals surface area contributed by atoms with Crippen LogP contribution >= 0.6 is 0 Å². The van der Waals surface area contributed by atoms with Gasteiger partial charge in [-0.2, -0.15) is 0 Å². The topological polar surface area (TPSA) is 135 Å². The van der Waals surface area contributed by atoms with E-state index in [9.17, 15) is 14.0 Å². The molecule has 0 aliphatic carbocycles. The first-order chi connectivity index (χ1) is 22.7. The molecule has 48 heavy (non-hydrogen) atoms. The average Bonchev–Trinajstić information content (AvgIpc) is 3.29. The Morgan fingerprint density at radius 1 is 1.04 bits per heavy atom. The summed E-state index contributed by atoms with van der Waals surface area (Å²) in [4.78, 5) is 47.0. The lowest BCUT2D eigenvalue weighted by molar-refractivity contribution is -0.117. The largest absolute Gasteiger partial charge is 0.444 e. The highest BCUT2D eigenvalue weighted by Gasteiger charge is 2.38. The van der Waals surface area contributed by atoms with Crippen LogP contribution in [-0.4, -0.2) is 70.4 Å². The van der Waals surface area contributed by atoms with E-state index in [1.807, 2.05) is 19.9 Å². The van der Waals surface area contributed by atoms with E-state index in [0.717, 1.165) is 12.1 Å². The van der Waals surface area contributed by atoms with Crippen LogP contribution in [0, 0.1) is 24.0 Å². The molecule has 0 saturated carbocycles. The number of carbonyl (C=O) groups is 2. The van der Waals surface area contributed by atoms with Crippen molar-refractivity contribution in [3.63, 3.8) is 0 Å². The van der Waals surface area contributed by atoms with Gasteiger partial charge in [-0.1, -0.05) is 13.8 Å². The minimum atomic E-state index is -0.798. The molecule has 0 radical (unpaired) electrons. The molecular weight excluding hydrogens is 622 g/mol. The van der Waals surface area contributed by atoms with E-state index in [2.05, 4.69) is 30.5 Å². The Balaban J connectivity index is 1.45. The van der Waals surface area contributed by atoms with Crippen molar-refractivity contribution in [2.45, 2.75) is 53.6 Å². The number of ether oxygens (including phenoxy) is 2. The van der Waals surface area contributed by atoms with Crippen molar-refractivity contribution < 1.29 is 27.8 Å². The van der Waals surface area contributed by atoms with E-state index in [1.54, 1.807) is 38.8 Å². The number of aromatic nitrogens is 4. The number of rotatable bonds is 6. The number of morpholine rings is 1. The Labute approximate surface area is 276 Å². The van der Waals surface area contributed by atoms with Gasteiger partial charge < -0.3 is 19.7 Å². The molecule has 2 aliphatic heterocycles. The molecule has 3 aromatic heterocycles. The third-order valence-electron chi connectivity index (χ3n) is 8.05. The highest BCUT2D eigenvalue weighted by Crippen LogP contribution is 2.42. The second kappa shape index (κ2) is 12.6. The number of hydrogen-bond acceptors (Lipinski definition) is 10. The molecule has 2 amide bonds. The number of anilines is 5. The summed E-state index contributed by atoms with van der Waals surface area (Å²) in [6.45, 7) is 13.7. The zero-order chi connectivity index (χ0) is 34.4. The first-order valence-electron chi connectivity index (χ1n) is 15.7. The number of carbonyl (C=O) groups excluding carboxylic acids is 2. The van der Waals surface area contributed by atoms with E-state index in [-0.39, 0.29) is 28.2 Å². The molecule has 12 nitrogen and oxygen atoms in total. The second-order valence-corrected chi connectivity index (χ2v) is 13.8. The van der Waals surface area contributed by atoms with E-state index in [1.165, 1.54) is 12.4 Å². The number of amides is 2. The Bertz CT molecular complexity index is 1890. The average molecular weight is 661 g/mol. The minimum Gasteiger partial charge on any atom is -0.444 e. The fraction of sp³-hybridized carbons (Fsp3) is 0.412. The molecule has 0 spiro atoms. The molecule has 0 bridgehead atoms. The maximum Gasteiger partial charge on any atom is 0.414 e. The van der Waals surface area contributed by atoms with Crippen molar-refractivity contribution in [1.82, 2.24) is 19.9 Å². The van der Waals surface area contributed by atoms with Crippen LogP contribution in [0.3, 0.4) is 0 Å². The molecule has 2 fully saturated rings. The highest BCUT2D eigenvalue weighted by atomic mass is 19.1. The van der Waals surface area contributed by atoms with Gasteiger partial charge in [0.2, 0.25) is 11.9 Å². The van der Waals surface area contributed by atoms with Crippen molar-refractivity contribution >= 4 is 51.9 Å². The van der Waals surface area contributed by atoms with Gasteiger partial charge in [-0.3, -0.25) is 15.0 Å². The Morgan fingerprint density at radius 2 is 1.75 bits per heavy atom. The number of nitrogens with zero attached hydrogens (tertiary/aromatic N) is 6. The standard InChI is InChI=1S/C34H38F2N8O4/c1-19-29(28-23(36)11-21(35)12-25(28)41-30(19)44-18-34(5,6)14-27(44)45)40-24-13-26(43-7-9-47-10-8-43)37-17-22(24)20-15-38-31(39-16-20)42-32(46)48-33(2,3)4/h11-13,15-17H,7-10,14,18H2,1-6H3,(H,37,40,41)(H,38,39,42,46). The molecule has 5 heterocycles. The number of fused-ring (bicyclic) bond motifs is 1. The Kier molecular flexibility index (Phi) is 8.62. The molecule has 1 aromatic carbocycles. The van der Waals surface area contributed by atoms with Crippen molar-refractivity contribution in [1.29, 1.82) is 0 Å². The molecule has 0 unspecified atom stereocenters. The van der Waals surface area contributed by atoms with Gasteiger partial charge in [0.05, 0.1) is 35.5 Å². The molecule has 2 N–H and O–H groups in total. The van der Waals surface area contributed by atoms with Gasteiger partial charge in [0, 0.05) is 79.5 Å². The zero-order valence-electron chi connectivity index (χ0n) is 27.8. The minimum absolute atomic E-state index is 0.0447. The lowest BCUT2D eigenvalue weighted by Crippen LogP contribution is -2.36. The van der Waals surface area contributed by atoms with Crippen LogP contribution in [0.4, 0.5) is 42.5 Å². The molecule has 0 atom stereocenters. The summed E-state index contributed by atoms with van der Waals surface area (Å²) in [5.41, 5.74) is 1.57. The maximum absolute atomic E-state index is 15.6. The number of pyridine rings is 2. The van der Waals surface area contributed by atoms with E-state index in [4.69, 9.17) is 14.5 Å². The number of nitrogens with one attached hydrogen (secondary N) is 2. The summed E-state index contributed by atoms with van der Waals surface area (Å²) in [5.74, 6) is -0.661. The Morgan fingerprint density at radius 3 is 2.40 bits per heavy atom. The monoisotopic (exact) mass is 660 g/mol. The van der Waals surface area contributed by atoms with Gasteiger partial charge in [-0.25, -0.2) is 33.5 Å². The van der Waals surface area contributed by atoms with Crippen molar-refractivity contribution in [3.05, 3.63) is 54.0 Å². The van der Waals surface area contributed by atoms with E-state index < -0.39 is 23.3 Å². The third kappa shape index (κ3) is 6.98. The van der Waals surface area contributed by atoms with Gasteiger partial charge in [0.15, 0.2) is 0 Å². The third-order valence-corrected chi connectivity index (χ3v) is 8.05. The lowest BCUT2D eigenvalue weighted by atomic mass is 9.93. The summed E-state index contributed by atoms with van der Waals surface area (Å²) in [6.07, 6.45) is 4.35. The quantitative estimate of drug-likeness (QED) is 0.240. The summed E-state index contributed by atoms with van der Waals surface area (Å²) in [7, 11) is 0. The number of benzene rings is 1. The predicted octanol–water partition coefficient (Wildman–Crippen LogP) is 6.36. The second-order valence-electron chi connectivity index (χ2n) is 13.8. The van der Waals surface area contributed by atoms with Gasteiger partial charge >= 0.3 is 6.09 Å². The fourth-order valence-electron chi connectivity index (χ4n) is 5.89. The van der Waals surface area contributed by atoms with Crippen molar-refractivity contribution in [2.75, 3.05) is 53.3 Å². The van der Waals surface area contributed by atoms with Gasteiger partial charge in [-0.15, -0.1) is 0 Å². The van der Waals surface area contributed by atoms with E-state index in [0.29, 0.717) is 79.0 Å². The summed E-state index contributed by atoms with van der Waals surface area (Å²) < 4.78 is 41.0. The summed E-state index contributed by atoms with van der Waals surface area (Å²) >= 11 is 0. The molecule has 6 rings (SSSR count). The van der Waals surface area contributed by atoms with Crippen LogP contribution in [0.5, 0.6) is 0 Å². The van der Waals surface area contributed by atoms with E-state index >= 15 is 4.39 Å². The number of halogens is 2. The van der Waals surface area contributed by atoms with Crippen LogP contribution in [0.15, 0.2) is 36.8 Å². The SMILES string of the molecule is Cc1c(N2CC(C)(C)CC2=O)nc2cc(F)cc(F)c2c1Nc1cc(N2CCOCC2)ncc1-c1cnc(NC(=O)OC(C)(C)C)nc1. The summed E-state index contributed by atoms with van der Waals surface area (Å²) in [6, 6.07) is 3.81. The first-order valence-corrected chi connectivity index (χ1v) is 15.7. The van der Waals surface area contributed by atoms with Crippen LogP contribution < -0.4 is 20.4 Å². The van der Waals surface area contributed by atoms with Crippen LogP contribution in [0.2, 0.25) is 0 Å². The lowest BCUT2D eigenvalue weighted by Gasteiger charge is -2.29. The number of hydrogen-bond donors (Lipinski definition) is 2. The maximum atomic E-state index is 15.6. The van der Waals surface area contributed by atoms with Crippen molar-refractivity contribution in [2.24, 2.45) is 5.41 Å². The molecular formula is C34H38F2N8O4. The van der Waals surface area contributed by atoms with Gasteiger partial charge in [0.1, 0.15) is 28.9 Å². The molecule has 2 aliphatic rings. The van der Waals surface area contributed by atoms with Crippen LogP contribution in [0.25, 0.3) is 22.0 Å². The van der Waals surface area contributed by atoms with Crippen molar-refractivity contribution in [3.8, 4) is 11.1 Å². The first kappa shape index (κ1) is 32.9. The molecule has 2 saturated heterocycles. The molecule has 14 heteroatoms. The van der Waals surface area contributed by atoms with Gasteiger partial charge in [0.25, 0.3) is 0 Å². The zero-order valence-corrected chi connectivity index (χ0v) is 27.8. The Hall–Kier alpha value is -4.98. The fourth-order valence-corrected chi connectivity index (χ4v) is 5.89. The highest BCUT2D eigenvalue weighted by molar-refractivity contribution is 6.03. The smallest absolute Gasteiger partial charge is 0.414 e. The van der Waals surface area contributed by atoms with Crippen LogP contribution in [0.1, 0.15) is 46.6 Å². The molecule has 252 valence electrons. The molecule has 4 aromatic rings.